The summed E-state index contributed by atoms with van der Waals surface area (Å²) in [4.78, 5) is 13.5. The summed E-state index contributed by atoms with van der Waals surface area (Å²) in [5.41, 5.74) is 2.45. The molecule has 0 atom stereocenters. The van der Waals surface area contributed by atoms with Gasteiger partial charge in [0, 0.05) is 5.39 Å². The van der Waals surface area contributed by atoms with Crippen molar-refractivity contribution in [1.82, 2.24) is 15.0 Å². The number of nitrogens with one attached hydrogen (secondary N) is 1. The summed E-state index contributed by atoms with van der Waals surface area (Å²) >= 11 is 2.87. The molecule has 0 aliphatic rings. The number of aromatic nitrogens is 3. The number of hydrazine groups is 1. The van der Waals surface area contributed by atoms with Crippen molar-refractivity contribution in [1.29, 1.82) is 0 Å². The minimum atomic E-state index is 0.383. The second-order valence-corrected chi connectivity index (χ2v) is 4.87. The van der Waals surface area contributed by atoms with E-state index in [2.05, 4.69) is 20.4 Å². The molecular weight excluding hydrogens is 258 g/mol. The highest BCUT2D eigenvalue weighted by Gasteiger charge is 2.11. The molecule has 3 N–H and O–H groups in total. The molecule has 3 aromatic heterocycles. The van der Waals surface area contributed by atoms with Crippen molar-refractivity contribution in [2.45, 2.75) is 10.2 Å². The molecule has 6 nitrogen and oxygen atoms in total. The fraction of sp³-hybridized carbons (Fsp3) is 0. The molecule has 0 aliphatic heterocycles. The van der Waals surface area contributed by atoms with E-state index in [-0.39, 0.29) is 0 Å². The number of thiophene rings is 1. The molecule has 0 spiro atoms. The first-order chi connectivity index (χ1) is 8.36. The van der Waals surface area contributed by atoms with Gasteiger partial charge in [0.05, 0.1) is 6.20 Å². The number of rotatable bonds is 3. The molecule has 0 saturated heterocycles. The van der Waals surface area contributed by atoms with E-state index in [1.807, 2.05) is 11.4 Å². The Kier molecular flexibility index (Phi) is 2.67. The quantitative estimate of drug-likeness (QED) is 0.426. The Hall–Kier alpha value is -1.64. The number of fused-ring (bicyclic) bond motifs is 1. The first-order valence-electron chi connectivity index (χ1n) is 4.66. The van der Waals surface area contributed by atoms with Crippen LogP contribution in [-0.2, 0) is 0 Å². The number of nitrogens with zero attached hydrogens (tertiary/aromatic N) is 3. The molecule has 0 fully saturated rings. The van der Waals surface area contributed by atoms with Crippen LogP contribution in [0.2, 0.25) is 0 Å². The molecule has 0 bridgehead atoms. The topological polar surface area (TPSA) is 89.9 Å². The van der Waals surface area contributed by atoms with Gasteiger partial charge in [0.1, 0.15) is 16.1 Å². The first-order valence-corrected chi connectivity index (χ1v) is 6.35. The molecule has 0 aliphatic carbocycles. The van der Waals surface area contributed by atoms with E-state index in [0.717, 1.165) is 15.2 Å². The maximum absolute atomic E-state index is 5.33. The second kappa shape index (κ2) is 4.32. The molecule has 3 aromatic rings. The summed E-state index contributed by atoms with van der Waals surface area (Å²) in [5, 5.41) is 4.24. The monoisotopic (exact) mass is 265 g/mol. The van der Waals surface area contributed by atoms with E-state index in [1.165, 1.54) is 29.4 Å². The highest BCUT2D eigenvalue weighted by molar-refractivity contribution is 7.99. The van der Waals surface area contributed by atoms with E-state index in [9.17, 15) is 0 Å². The van der Waals surface area contributed by atoms with Crippen molar-refractivity contribution in [3.63, 3.8) is 0 Å². The van der Waals surface area contributed by atoms with Gasteiger partial charge in [-0.2, -0.15) is 0 Å². The Morgan fingerprint density at radius 2 is 2.35 bits per heavy atom. The SMILES string of the molecule is NNc1nc(Sc2ncco2)c2ccsc2n1. The Morgan fingerprint density at radius 3 is 3.12 bits per heavy atom. The Labute approximate surface area is 104 Å². The van der Waals surface area contributed by atoms with Gasteiger partial charge in [0.25, 0.3) is 5.22 Å². The molecule has 0 aromatic carbocycles. The normalized spacial score (nSPS) is 10.9. The Balaban J connectivity index is 2.10. The van der Waals surface area contributed by atoms with Crippen LogP contribution < -0.4 is 11.3 Å². The molecule has 0 amide bonds. The Bertz CT molecular complexity index is 636. The van der Waals surface area contributed by atoms with Crippen molar-refractivity contribution in [2.24, 2.45) is 5.84 Å². The minimum Gasteiger partial charge on any atom is -0.440 e. The predicted molar refractivity (Wildman–Crippen MR) is 65.9 cm³/mol. The van der Waals surface area contributed by atoms with Crippen molar-refractivity contribution < 1.29 is 4.42 Å². The van der Waals surface area contributed by atoms with Crippen LogP contribution >= 0.6 is 23.1 Å². The van der Waals surface area contributed by atoms with Crippen LogP contribution in [0.25, 0.3) is 10.2 Å². The molecule has 8 heteroatoms. The zero-order valence-electron chi connectivity index (χ0n) is 8.45. The second-order valence-electron chi connectivity index (χ2n) is 3.04. The lowest BCUT2D eigenvalue weighted by molar-refractivity contribution is 0.454. The van der Waals surface area contributed by atoms with Crippen LogP contribution in [0.3, 0.4) is 0 Å². The highest BCUT2D eigenvalue weighted by Crippen LogP contribution is 2.33. The molecule has 3 rings (SSSR count). The lowest BCUT2D eigenvalue weighted by atomic mass is 10.4. The van der Waals surface area contributed by atoms with Crippen molar-refractivity contribution >= 4 is 39.3 Å². The van der Waals surface area contributed by atoms with Crippen molar-refractivity contribution in [3.8, 4) is 0 Å². The number of oxazole rings is 1. The van der Waals surface area contributed by atoms with E-state index >= 15 is 0 Å². The van der Waals surface area contributed by atoms with Gasteiger partial charge in [-0.25, -0.2) is 20.8 Å². The van der Waals surface area contributed by atoms with Crippen LogP contribution in [0.15, 0.2) is 38.6 Å². The summed E-state index contributed by atoms with van der Waals surface area (Å²) in [6.07, 6.45) is 3.12. The van der Waals surface area contributed by atoms with Gasteiger partial charge in [-0.05, 0) is 23.2 Å². The van der Waals surface area contributed by atoms with Gasteiger partial charge < -0.3 is 4.42 Å². The number of nitrogen functional groups attached to an aromatic ring is 1. The summed E-state index contributed by atoms with van der Waals surface area (Å²) in [6.45, 7) is 0. The van der Waals surface area contributed by atoms with Crippen LogP contribution in [0.5, 0.6) is 0 Å². The number of hydrogen-bond acceptors (Lipinski definition) is 8. The third kappa shape index (κ3) is 1.97. The van der Waals surface area contributed by atoms with Gasteiger partial charge in [0.2, 0.25) is 5.95 Å². The highest BCUT2D eigenvalue weighted by atomic mass is 32.2. The molecule has 0 radical (unpaired) electrons. The third-order valence-electron chi connectivity index (χ3n) is 2.01. The number of anilines is 1. The fourth-order valence-electron chi connectivity index (χ4n) is 1.31. The lowest BCUT2D eigenvalue weighted by Crippen LogP contribution is -2.10. The molecule has 0 saturated carbocycles. The van der Waals surface area contributed by atoms with E-state index in [0.29, 0.717) is 11.2 Å². The lowest BCUT2D eigenvalue weighted by Gasteiger charge is -2.02. The van der Waals surface area contributed by atoms with Crippen LogP contribution in [-0.4, -0.2) is 15.0 Å². The van der Waals surface area contributed by atoms with Gasteiger partial charge in [-0.3, -0.25) is 5.43 Å². The zero-order valence-corrected chi connectivity index (χ0v) is 10.1. The van der Waals surface area contributed by atoms with Gasteiger partial charge in [0.15, 0.2) is 0 Å². The van der Waals surface area contributed by atoms with Crippen LogP contribution in [0, 0.1) is 0 Å². The smallest absolute Gasteiger partial charge is 0.261 e. The standard InChI is InChI=1S/C9H7N5OS2/c10-14-8-12-6-5(1-4-16-6)7(13-8)17-9-11-2-3-15-9/h1-4H,10H2,(H,12,13,14). The molecule has 0 unspecified atom stereocenters. The maximum Gasteiger partial charge on any atom is 0.261 e. The van der Waals surface area contributed by atoms with Gasteiger partial charge in [-0.1, -0.05) is 0 Å². The summed E-state index contributed by atoms with van der Waals surface area (Å²) < 4.78 is 5.18. The van der Waals surface area contributed by atoms with Crippen LogP contribution in [0.4, 0.5) is 5.95 Å². The Morgan fingerprint density at radius 1 is 1.41 bits per heavy atom. The zero-order chi connectivity index (χ0) is 11.7. The van der Waals surface area contributed by atoms with E-state index < -0.39 is 0 Å². The maximum atomic E-state index is 5.33. The summed E-state index contributed by atoms with van der Waals surface area (Å²) in [5.74, 6) is 5.72. The predicted octanol–water partition coefficient (Wildman–Crippen LogP) is 2.12. The molecule has 17 heavy (non-hydrogen) atoms. The average Bonchev–Trinajstić information content (AvgIpc) is 2.98. The van der Waals surface area contributed by atoms with Gasteiger partial charge in [-0.15, -0.1) is 11.3 Å². The molecule has 86 valence electrons. The van der Waals surface area contributed by atoms with Crippen LogP contribution in [0.1, 0.15) is 0 Å². The minimum absolute atomic E-state index is 0.383. The third-order valence-corrected chi connectivity index (χ3v) is 3.70. The molecular formula is C9H7N5OS2. The fourth-order valence-corrected chi connectivity index (χ4v) is 2.93. The van der Waals surface area contributed by atoms with E-state index in [4.69, 9.17) is 10.3 Å². The summed E-state index contributed by atoms with van der Waals surface area (Å²) in [7, 11) is 0. The number of hydrogen-bond donors (Lipinski definition) is 2. The van der Waals surface area contributed by atoms with Gasteiger partial charge >= 0.3 is 0 Å². The largest absolute Gasteiger partial charge is 0.440 e. The van der Waals surface area contributed by atoms with Crippen molar-refractivity contribution in [3.05, 3.63) is 23.9 Å². The van der Waals surface area contributed by atoms with E-state index in [1.54, 1.807) is 6.20 Å². The first kappa shape index (κ1) is 10.5. The number of nitrogens with two attached hydrogens (primary N) is 1. The summed E-state index contributed by atoms with van der Waals surface area (Å²) in [6, 6.07) is 1.96. The molecule has 3 heterocycles. The van der Waals surface area contributed by atoms with Crippen molar-refractivity contribution in [2.75, 3.05) is 5.43 Å². The average molecular weight is 265 g/mol.